The van der Waals surface area contributed by atoms with Crippen molar-refractivity contribution < 1.29 is 5.11 Å². The SMILES string of the molecule is CC(C)(N)C(O)c1cc(Cl)ccc1Br. The Kier molecular flexibility index (Phi) is 3.58. The zero-order chi connectivity index (χ0) is 10.9. The topological polar surface area (TPSA) is 46.2 Å². The molecule has 0 fully saturated rings. The van der Waals surface area contributed by atoms with Gasteiger partial charge >= 0.3 is 0 Å². The van der Waals surface area contributed by atoms with Crippen LogP contribution in [0.15, 0.2) is 22.7 Å². The van der Waals surface area contributed by atoms with Crippen LogP contribution in [0.25, 0.3) is 0 Å². The van der Waals surface area contributed by atoms with E-state index in [1.165, 1.54) is 0 Å². The Bertz CT molecular complexity index is 335. The van der Waals surface area contributed by atoms with Crippen LogP contribution in [0, 0.1) is 0 Å². The van der Waals surface area contributed by atoms with E-state index in [-0.39, 0.29) is 0 Å². The monoisotopic (exact) mass is 277 g/mol. The second-order valence-electron chi connectivity index (χ2n) is 3.89. The highest BCUT2D eigenvalue weighted by atomic mass is 79.9. The molecule has 1 unspecified atom stereocenters. The van der Waals surface area contributed by atoms with Gasteiger partial charge in [0.15, 0.2) is 0 Å². The number of hydrogen-bond donors (Lipinski definition) is 2. The van der Waals surface area contributed by atoms with E-state index in [2.05, 4.69) is 15.9 Å². The van der Waals surface area contributed by atoms with Gasteiger partial charge in [0, 0.05) is 15.0 Å². The second kappa shape index (κ2) is 4.19. The van der Waals surface area contributed by atoms with Crippen LogP contribution < -0.4 is 5.73 Å². The van der Waals surface area contributed by atoms with Crippen LogP contribution in [0.1, 0.15) is 25.5 Å². The summed E-state index contributed by atoms with van der Waals surface area (Å²) < 4.78 is 0.813. The van der Waals surface area contributed by atoms with E-state index in [9.17, 15) is 5.11 Å². The standard InChI is InChI=1S/C10H13BrClNO/c1-10(2,13)9(14)7-5-6(12)3-4-8(7)11/h3-5,9,14H,13H2,1-2H3. The summed E-state index contributed by atoms with van der Waals surface area (Å²) in [6, 6.07) is 5.27. The van der Waals surface area contributed by atoms with Crippen LogP contribution in [0.3, 0.4) is 0 Å². The molecule has 1 aromatic carbocycles. The van der Waals surface area contributed by atoms with Crippen molar-refractivity contribution in [1.82, 2.24) is 0 Å². The van der Waals surface area contributed by atoms with Crippen molar-refractivity contribution in [2.24, 2.45) is 5.73 Å². The van der Waals surface area contributed by atoms with E-state index >= 15 is 0 Å². The van der Waals surface area contributed by atoms with Gasteiger partial charge in [-0.15, -0.1) is 0 Å². The molecule has 14 heavy (non-hydrogen) atoms. The van der Waals surface area contributed by atoms with Gasteiger partial charge in [-0.05, 0) is 37.6 Å². The lowest BCUT2D eigenvalue weighted by atomic mass is 9.92. The predicted octanol–water partition coefficient (Wildman–Crippen LogP) is 2.87. The van der Waals surface area contributed by atoms with E-state index in [0.717, 1.165) is 4.47 Å². The van der Waals surface area contributed by atoms with Crippen LogP contribution in [-0.2, 0) is 0 Å². The normalized spacial score (nSPS) is 14.1. The first-order chi connectivity index (χ1) is 6.32. The number of aliphatic hydroxyl groups excluding tert-OH is 1. The summed E-state index contributed by atoms with van der Waals surface area (Å²) >= 11 is 9.19. The first-order valence-corrected chi connectivity index (χ1v) is 5.41. The van der Waals surface area contributed by atoms with Crippen LogP contribution in [0.4, 0.5) is 0 Å². The number of hydrogen-bond acceptors (Lipinski definition) is 2. The van der Waals surface area contributed by atoms with Gasteiger partial charge in [0.25, 0.3) is 0 Å². The molecule has 0 aliphatic heterocycles. The van der Waals surface area contributed by atoms with E-state index < -0.39 is 11.6 Å². The number of halogens is 2. The summed E-state index contributed by atoms with van der Waals surface area (Å²) in [5.74, 6) is 0. The fourth-order valence-electron chi connectivity index (χ4n) is 1.12. The zero-order valence-corrected chi connectivity index (χ0v) is 10.4. The predicted molar refractivity (Wildman–Crippen MR) is 62.4 cm³/mol. The number of rotatable bonds is 2. The third kappa shape index (κ3) is 2.70. The van der Waals surface area contributed by atoms with Gasteiger partial charge in [-0.25, -0.2) is 0 Å². The van der Waals surface area contributed by atoms with Crippen molar-refractivity contribution in [3.63, 3.8) is 0 Å². The van der Waals surface area contributed by atoms with Crippen LogP contribution >= 0.6 is 27.5 Å². The number of nitrogens with two attached hydrogens (primary N) is 1. The molecule has 4 heteroatoms. The van der Waals surface area contributed by atoms with Gasteiger partial charge in [-0.1, -0.05) is 27.5 Å². The van der Waals surface area contributed by atoms with Gasteiger partial charge in [0.2, 0.25) is 0 Å². The Morgan fingerprint density at radius 2 is 2.07 bits per heavy atom. The van der Waals surface area contributed by atoms with Gasteiger partial charge in [-0.2, -0.15) is 0 Å². The Labute approximate surface area is 97.2 Å². The summed E-state index contributed by atoms with van der Waals surface area (Å²) in [6.07, 6.45) is -0.740. The third-order valence-corrected chi connectivity index (χ3v) is 2.91. The number of aliphatic hydroxyl groups is 1. The van der Waals surface area contributed by atoms with Crippen molar-refractivity contribution in [2.75, 3.05) is 0 Å². The number of benzene rings is 1. The van der Waals surface area contributed by atoms with Gasteiger partial charge < -0.3 is 10.8 Å². The van der Waals surface area contributed by atoms with Gasteiger partial charge in [0.05, 0.1) is 6.10 Å². The minimum absolute atomic E-state index is 0.589. The van der Waals surface area contributed by atoms with Crippen LogP contribution in [0.2, 0.25) is 5.02 Å². The minimum Gasteiger partial charge on any atom is -0.386 e. The Morgan fingerprint density at radius 1 is 1.50 bits per heavy atom. The van der Waals surface area contributed by atoms with E-state index in [4.69, 9.17) is 17.3 Å². The molecule has 0 aliphatic carbocycles. The molecule has 1 rings (SSSR count). The molecule has 0 saturated heterocycles. The lowest BCUT2D eigenvalue weighted by molar-refractivity contribution is 0.104. The highest BCUT2D eigenvalue weighted by Crippen LogP contribution is 2.31. The van der Waals surface area contributed by atoms with E-state index in [1.54, 1.807) is 32.0 Å². The van der Waals surface area contributed by atoms with Crippen molar-refractivity contribution in [3.05, 3.63) is 33.3 Å². The summed E-state index contributed by atoms with van der Waals surface area (Å²) in [5.41, 5.74) is 5.84. The molecule has 2 nitrogen and oxygen atoms in total. The minimum atomic E-state index is -0.740. The van der Waals surface area contributed by atoms with E-state index in [1.807, 2.05) is 0 Å². The molecule has 0 saturated carbocycles. The average molecular weight is 279 g/mol. The van der Waals surface area contributed by atoms with E-state index in [0.29, 0.717) is 10.6 Å². The van der Waals surface area contributed by atoms with Crippen molar-refractivity contribution in [3.8, 4) is 0 Å². The summed E-state index contributed by atoms with van der Waals surface area (Å²) in [4.78, 5) is 0. The molecular weight excluding hydrogens is 265 g/mol. The molecule has 0 heterocycles. The highest BCUT2D eigenvalue weighted by molar-refractivity contribution is 9.10. The molecular formula is C10H13BrClNO. The molecule has 1 atom stereocenters. The van der Waals surface area contributed by atoms with Crippen molar-refractivity contribution in [1.29, 1.82) is 0 Å². The van der Waals surface area contributed by atoms with Crippen LogP contribution in [-0.4, -0.2) is 10.6 Å². The molecule has 78 valence electrons. The van der Waals surface area contributed by atoms with Crippen molar-refractivity contribution in [2.45, 2.75) is 25.5 Å². The average Bonchev–Trinajstić information content (AvgIpc) is 2.06. The molecule has 0 spiro atoms. The summed E-state index contributed by atoms with van der Waals surface area (Å²) in [7, 11) is 0. The quantitative estimate of drug-likeness (QED) is 0.874. The second-order valence-corrected chi connectivity index (χ2v) is 5.18. The Morgan fingerprint density at radius 3 is 2.57 bits per heavy atom. The largest absolute Gasteiger partial charge is 0.386 e. The molecule has 0 aliphatic rings. The third-order valence-electron chi connectivity index (χ3n) is 1.96. The van der Waals surface area contributed by atoms with Crippen LogP contribution in [0.5, 0.6) is 0 Å². The molecule has 0 bridgehead atoms. The maximum atomic E-state index is 9.95. The molecule has 3 N–H and O–H groups in total. The fourth-order valence-corrected chi connectivity index (χ4v) is 1.77. The molecule has 0 radical (unpaired) electrons. The lowest BCUT2D eigenvalue weighted by Gasteiger charge is -2.27. The summed E-state index contributed by atoms with van der Waals surface area (Å²) in [5, 5.41) is 10.5. The fraction of sp³-hybridized carbons (Fsp3) is 0.400. The zero-order valence-electron chi connectivity index (χ0n) is 8.09. The highest BCUT2D eigenvalue weighted by Gasteiger charge is 2.26. The summed E-state index contributed by atoms with van der Waals surface area (Å²) in [6.45, 7) is 3.54. The van der Waals surface area contributed by atoms with Gasteiger partial charge in [0.1, 0.15) is 0 Å². The maximum absolute atomic E-state index is 9.95. The Balaban J connectivity index is 3.12. The molecule has 0 amide bonds. The first kappa shape index (κ1) is 12.0. The maximum Gasteiger partial charge on any atom is 0.0975 e. The van der Waals surface area contributed by atoms with Crippen molar-refractivity contribution >= 4 is 27.5 Å². The molecule has 0 aromatic heterocycles. The van der Waals surface area contributed by atoms with Gasteiger partial charge in [-0.3, -0.25) is 0 Å². The molecule has 1 aromatic rings. The lowest BCUT2D eigenvalue weighted by Crippen LogP contribution is -2.39. The Hall–Kier alpha value is -0.0900. The first-order valence-electron chi connectivity index (χ1n) is 4.24. The smallest absolute Gasteiger partial charge is 0.0975 e.